The lowest BCUT2D eigenvalue weighted by Crippen LogP contribution is -2.32. The van der Waals surface area contributed by atoms with Crippen LogP contribution in [-0.4, -0.2) is 34.0 Å². The van der Waals surface area contributed by atoms with Crippen molar-refractivity contribution in [1.29, 1.82) is 0 Å². The van der Waals surface area contributed by atoms with Crippen LogP contribution in [0.15, 0.2) is 78.0 Å². The van der Waals surface area contributed by atoms with Crippen LogP contribution >= 0.6 is 11.8 Å². The highest BCUT2D eigenvalue weighted by molar-refractivity contribution is 7.99. The van der Waals surface area contributed by atoms with E-state index in [1.807, 2.05) is 54.6 Å². The molecular formula is C31H37N3O7S. The Hall–Kier alpha value is -3.48. The molecular weight excluding hydrogens is 558 g/mol. The molecule has 42 heavy (non-hydrogen) atoms. The average Bonchev–Trinajstić information content (AvgIpc) is 3.02. The van der Waals surface area contributed by atoms with Gasteiger partial charge in [-0.3, -0.25) is 14.8 Å². The molecule has 3 aromatic rings. The molecule has 1 saturated heterocycles. The first kappa shape index (κ1) is 31.5. The number of nitrogens with one attached hydrogen (secondary N) is 2. The van der Waals surface area contributed by atoms with E-state index in [4.69, 9.17) is 14.7 Å². The second-order valence-corrected chi connectivity index (χ2v) is 11.2. The van der Waals surface area contributed by atoms with E-state index < -0.39 is 12.2 Å². The molecule has 2 amide bonds. The zero-order valence-electron chi connectivity index (χ0n) is 23.3. The summed E-state index contributed by atoms with van der Waals surface area (Å²) in [5.74, 6) is 0.0512. The molecule has 0 bridgehead atoms. The predicted molar refractivity (Wildman–Crippen MR) is 157 cm³/mol. The normalized spacial score (nSPS) is 18.4. The van der Waals surface area contributed by atoms with E-state index in [-0.39, 0.29) is 31.1 Å². The first-order chi connectivity index (χ1) is 20.4. The number of nitrogens with zero attached hydrogens (tertiary/aromatic N) is 1. The molecule has 1 aliphatic heterocycles. The van der Waals surface area contributed by atoms with Gasteiger partial charge in [-0.2, -0.15) is 4.73 Å². The molecule has 2 heterocycles. The number of hydrogen-bond acceptors (Lipinski definition) is 8. The van der Waals surface area contributed by atoms with E-state index in [9.17, 15) is 19.9 Å². The van der Waals surface area contributed by atoms with Crippen LogP contribution in [0.4, 0.5) is 5.69 Å². The van der Waals surface area contributed by atoms with Crippen molar-refractivity contribution in [3.05, 3.63) is 94.8 Å². The number of amides is 2. The third-order valence-corrected chi connectivity index (χ3v) is 8.10. The van der Waals surface area contributed by atoms with Crippen molar-refractivity contribution in [2.24, 2.45) is 0 Å². The van der Waals surface area contributed by atoms with E-state index in [1.165, 1.54) is 18.0 Å². The Labute approximate surface area is 249 Å². The molecule has 3 atom stereocenters. The van der Waals surface area contributed by atoms with Crippen molar-refractivity contribution in [1.82, 2.24) is 5.48 Å². The summed E-state index contributed by atoms with van der Waals surface area (Å²) in [6.45, 7) is -0.0368. The first-order valence-corrected chi connectivity index (χ1v) is 15.1. The lowest BCUT2D eigenvalue weighted by Gasteiger charge is -2.36. The molecule has 11 heteroatoms. The molecule has 10 nitrogen and oxygen atoms in total. The van der Waals surface area contributed by atoms with Gasteiger partial charge in [-0.1, -0.05) is 61.0 Å². The topological polar surface area (TPSA) is 144 Å². The second kappa shape index (κ2) is 16.2. The highest BCUT2D eigenvalue weighted by Crippen LogP contribution is 2.39. The largest absolute Gasteiger partial charge is 0.618 e. The van der Waals surface area contributed by atoms with Crippen LogP contribution in [-0.2, 0) is 25.7 Å². The Morgan fingerprint density at radius 3 is 2.40 bits per heavy atom. The lowest BCUT2D eigenvalue weighted by atomic mass is 10.0. The van der Waals surface area contributed by atoms with Gasteiger partial charge in [-0.05, 0) is 42.2 Å². The van der Waals surface area contributed by atoms with Crippen molar-refractivity contribution in [2.75, 3.05) is 11.1 Å². The Morgan fingerprint density at radius 1 is 0.929 bits per heavy atom. The van der Waals surface area contributed by atoms with Gasteiger partial charge in [0.05, 0.1) is 18.8 Å². The van der Waals surface area contributed by atoms with E-state index >= 15 is 0 Å². The lowest BCUT2D eigenvalue weighted by molar-refractivity contribution is -0.645. The van der Waals surface area contributed by atoms with Gasteiger partial charge in [0.2, 0.25) is 11.8 Å². The van der Waals surface area contributed by atoms with Crippen LogP contribution in [0.2, 0.25) is 0 Å². The SMILES string of the molecule is O=C(CCCCCCC(=O)Nc1cccc([C@@H]2O[C@H](CSc3cccc[n+]3[O-])C[C@H](c3ccc(CO)cc3)O2)c1)NO. The Kier molecular flexibility index (Phi) is 12.2. The van der Waals surface area contributed by atoms with Crippen LogP contribution in [0.5, 0.6) is 0 Å². The Balaban J connectivity index is 1.39. The maximum atomic E-state index is 12.6. The number of benzene rings is 2. The summed E-state index contributed by atoms with van der Waals surface area (Å²) in [6.07, 6.45) is 4.49. The standard InChI is InChI=1S/C31H37N3O7S/c35-20-22-13-15-23(16-14-22)27-19-26(21-42-30-12-5-6-17-34(30)39)40-31(41-27)24-8-7-9-25(18-24)32-28(36)10-3-1-2-4-11-29(37)33-38/h5-9,12-18,26-27,31,35,38H,1-4,10-11,19-21H2,(H,32,36)(H,33,37)/t26-,27+,31+/m0/s1. The molecule has 224 valence electrons. The molecule has 0 unspecified atom stereocenters. The molecule has 2 aromatic carbocycles. The highest BCUT2D eigenvalue weighted by Gasteiger charge is 2.33. The van der Waals surface area contributed by atoms with Gasteiger partial charge in [0.1, 0.15) is 0 Å². The number of aromatic nitrogens is 1. The number of anilines is 1. The van der Waals surface area contributed by atoms with Crippen molar-refractivity contribution in [3.63, 3.8) is 0 Å². The van der Waals surface area contributed by atoms with E-state index in [0.29, 0.717) is 42.1 Å². The summed E-state index contributed by atoms with van der Waals surface area (Å²) in [5.41, 5.74) is 4.81. The fourth-order valence-electron chi connectivity index (χ4n) is 4.69. The van der Waals surface area contributed by atoms with Crippen LogP contribution in [0.1, 0.15) is 74.0 Å². The summed E-state index contributed by atoms with van der Waals surface area (Å²) in [5, 5.41) is 33.7. The number of thioether (sulfide) groups is 1. The summed E-state index contributed by atoms with van der Waals surface area (Å²) < 4.78 is 13.6. The van der Waals surface area contributed by atoms with Crippen molar-refractivity contribution < 1.29 is 34.1 Å². The van der Waals surface area contributed by atoms with Gasteiger partial charge >= 0.3 is 0 Å². The monoisotopic (exact) mass is 595 g/mol. The number of pyridine rings is 1. The Bertz CT molecular complexity index is 1310. The van der Waals surface area contributed by atoms with Gasteiger partial charge in [-0.15, -0.1) is 0 Å². The first-order valence-electron chi connectivity index (χ1n) is 14.1. The molecule has 0 saturated carbocycles. The summed E-state index contributed by atoms with van der Waals surface area (Å²) in [6, 6.07) is 20.4. The van der Waals surface area contributed by atoms with Crippen LogP contribution in [0, 0.1) is 5.21 Å². The second-order valence-electron chi connectivity index (χ2n) is 10.1. The molecule has 4 rings (SSSR count). The smallest absolute Gasteiger partial charge is 0.251 e. The van der Waals surface area contributed by atoms with Gasteiger partial charge in [0, 0.05) is 48.4 Å². The maximum Gasteiger partial charge on any atom is 0.251 e. The third kappa shape index (κ3) is 9.53. The quantitative estimate of drug-likeness (QED) is 0.0513. The molecule has 0 radical (unpaired) electrons. The third-order valence-electron chi connectivity index (χ3n) is 6.95. The predicted octanol–water partition coefficient (Wildman–Crippen LogP) is 4.93. The van der Waals surface area contributed by atoms with Crippen molar-refractivity contribution >= 4 is 29.3 Å². The van der Waals surface area contributed by atoms with E-state index in [0.717, 1.165) is 34.3 Å². The average molecular weight is 596 g/mol. The fraction of sp³-hybridized carbons (Fsp3) is 0.387. The Morgan fingerprint density at radius 2 is 1.69 bits per heavy atom. The number of carbonyl (C=O) groups excluding carboxylic acids is 2. The zero-order valence-corrected chi connectivity index (χ0v) is 24.1. The number of rotatable bonds is 14. The zero-order chi connectivity index (χ0) is 29.7. The molecule has 0 spiro atoms. The number of unbranched alkanes of at least 4 members (excludes halogenated alkanes) is 3. The van der Waals surface area contributed by atoms with Gasteiger partial charge in [-0.25, -0.2) is 5.48 Å². The molecule has 1 aromatic heterocycles. The highest BCUT2D eigenvalue weighted by atomic mass is 32.2. The number of carbonyl (C=O) groups is 2. The van der Waals surface area contributed by atoms with Crippen LogP contribution in [0.25, 0.3) is 0 Å². The fourth-order valence-corrected chi connectivity index (χ4v) is 5.63. The van der Waals surface area contributed by atoms with Gasteiger partial charge in [0.15, 0.2) is 12.5 Å². The van der Waals surface area contributed by atoms with Crippen LogP contribution in [0.3, 0.4) is 0 Å². The minimum atomic E-state index is -0.685. The van der Waals surface area contributed by atoms with E-state index in [2.05, 4.69) is 5.32 Å². The molecule has 4 N–H and O–H groups in total. The van der Waals surface area contributed by atoms with Gasteiger partial charge in [0.25, 0.3) is 5.03 Å². The summed E-state index contributed by atoms with van der Waals surface area (Å²) in [7, 11) is 0. The summed E-state index contributed by atoms with van der Waals surface area (Å²) in [4.78, 5) is 23.6. The van der Waals surface area contributed by atoms with E-state index in [1.54, 1.807) is 17.6 Å². The number of aliphatic hydroxyl groups is 1. The number of hydroxylamine groups is 1. The minimum absolute atomic E-state index is 0.0368. The van der Waals surface area contributed by atoms with Crippen molar-refractivity contribution in [2.45, 2.75) is 75.1 Å². The molecule has 1 aliphatic rings. The van der Waals surface area contributed by atoms with Gasteiger partial charge < -0.3 is 25.1 Å². The van der Waals surface area contributed by atoms with Crippen LogP contribution < -0.4 is 15.5 Å². The van der Waals surface area contributed by atoms with Crippen molar-refractivity contribution in [3.8, 4) is 0 Å². The summed E-state index contributed by atoms with van der Waals surface area (Å²) >= 11 is 1.43. The number of aliphatic hydroxyl groups excluding tert-OH is 1. The minimum Gasteiger partial charge on any atom is -0.618 e. The molecule has 0 aliphatic carbocycles. The molecule has 1 fully saturated rings. The number of ether oxygens (including phenoxy) is 2. The maximum absolute atomic E-state index is 12.6. The number of hydrogen-bond donors (Lipinski definition) is 4.